The van der Waals surface area contributed by atoms with Crippen LogP contribution >= 0.6 is 0 Å². The quantitative estimate of drug-likeness (QED) is 0.705. The van der Waals surface area contributed by atoms with E-state index < -0.39 is 0 Å². The van der Waals surface area contributed by atoms with Gasteiger partial charge in [0.1, 0.15) is 0 Å². The Morgan fingerprint density at radius 2 is 1.71 bits per heavy atom. The summed E-state index contributed by atoms with van der Waals surface area (Å²) in [6.07, 6.45) is 0.965. The first-order valence-corrected chi connectivity index (χ1v) is 7.18. The Morgan fingerprint density at radius 1 is 0.952 bits per heavy atom. The fraction of sp³-hybridized carbons (Fsp3) is 0.167. The Bertz CT molecular complexity index is 778. The van der Waals surface area contributed by atoms with Crippen LogP contribution in [0.5, 0.6) is 0 Å². The van der Waals surface area contributed by atoms with Crippen LogP contribution in [0.2, 0.25) is 0 Å². The lowest BCUT2D eigenvalue weighted by Crippen LogP contribution is -2.22. The van der Waals surface area contributed by atoms with Crippen molar-refractivity contribution in [1.29, 1.82) is 0 Å². The molecule has 2 N–H and O–H groups in total. The Hall–Kier alpha value is -2.39. The molecule has 0 bridgehead atoms. The van der Waals surface area contributed by atoms with Crippen molar-refractivity contribution in [2.24, 2.45) is 0 Å². The molecule has 3 heteroatoms. The van der Waals surface area contributed by atoms with Crippen LogP contribution in [0.1, 0.15) is 11.1 Å². The van der Waals surface area contributed by atoms with E-state index in [9.17, 15) is 4.79 Å². The van der Waals surface area contributed by atoms with Gasteiger partial charge in [-0.3, -0.25) is 4.79 Å². The largest absolute Gasteiger partial charge is 0.322 e. The number of aromatic amines is 1. The monoisotopic (exact) mass is 278 g/mol. The number of aromatic nitrogens is 1. The summed E-state index contributed by atoms with van der Waals surface area (Å²) in [4.78, 5) is 14.9. The van der Waals surface area contributed by atoms with E-state index in [0.29, 0.717) is 6.54 Å². The molecule has 0 radical (unpaired) electrons. The molecule has 21 heavy (non-hydrogen) atoms. The summed E-state index contributed by atoms with van der Waals surface area (Å²) >= 11 is 0. The molecule has 0 amide bonds. The van der Waals surface area contributed by atoms with Crippen molar-refractivity contribution < 1.29 is 0 Å². The van der Waals surface area contributed by atoms with Gasteiger partial charge < -0.3 is 10.3 Å². The molecular weight excluding hydrogens is 260 g/mol. The van der Waals surface area contributed by atoms with Crippen LogP contribution in [0.3, 0.4) is 0 Å². The van der Waals surface area contributed by atoms with Crippen LogP contribution in [-0.2, 0) is 13.0 Å². The van der Waals surface area contributed by atoms with Crippen molar-refractivity contribution in [1.82, 2.24) is 10.3 Å². The summed E-state index contributed by atoms with van der Waals surface area (Å²) in [5.41, 5.74) is 2.95. The Kier molecular flexibility index (Phi) is 4.12. The number of benzene rings is 2. The summed E-state index contributed by atoms with van der Waals surface area (Å²) in [5, 5.41) is 4.40. The van der Waals surface area contributed by atoms with Crippen LogP contribution in [0.4, 0.5) is 0 Å². The van der Waals surface area contributed by atoms with E-state index in [1.165, 1.54) is 5.56 Å². The predicted octanol–water partition coefficient (Wildman–Crippen LogP) is 2.86. The van der Waals surface area contributed by atoms with Gasteiger partial charge >= 0.3 is 0 Å². The fourth-order valence-electron chi connectivity index (χ4n) is 2.42. The zero-order chi connectivity index (χ0) is 14.5. The lowest BCUT2D eigenvalue weighted by Gasteiger charge is -2.06. The lowest BCUT2D eigenvalue weighted by atomic mass is 10.1. The van der Waals surface area contributed by atoms with Gasteiger partial charge in [0.2, 0.25) is 0 Å². The molecule has 3 aromatic rings. The van der Waals surface area contributed by atoms with E-state index >= 15 is 0 Å². The molecule has 0 aliphatic carbocycles. The summed E-state index contributed by atoms with van der Waals surface area (Å²) in [6, 6.07) is 20.1. The van der Waals surface area contributed by atoms with Crippen molar-refractivity contribution in [2.75, 3.05) is 6.54 Å². The first kappa shape index (κ1) is 13.6. The van der Waals surface area contributed by atoms with Gasteiger partial charge in [-0.25, -0.2) is 0 Å². The average molecular weight is 278 g/mol. The van der Waals surface area contributed by atoms with Gasteiger partial charge in [0.15, 0.2) is 0 Å². The molecule has 0 fully saturated rings. The van der Waals surface area contributed by atoms with Crippen LogP contribution in [-0.4, -0.2) is 11.5 Å². The molecule has 1 heterocycles. The number of nitrogens with one attached hydrogen (secondary N) is 2. The van der Waals surface area contributed by atoms with Gasteiger partial charge in [-0.05, 0) is 36.0 Å². The van der Waals surface area contributed by atoms with Gasteiger partial charge in [-0.15, -0.1) is 0 Å². The number of H-pyrrole nitrogens is 1. The van der Waals surface area contributed by atoms with E-state index in [4.69, 9.17) is 0 Å². The molecule has 2 aromatic carbocycles. The number of fused-ring (bicyclic) bond motifs is 1. The fourth-order valence-corrected chi connectivity index (χ4v) is 2.42. The molecule has 106 valence electrons. The van der Waals surface area contributed by atoms with Crippen LogP contribution in [0.25, 0.3) is 10.9 Å². The molecule has 0 spiro atoms. The highest BCUT2D eigenvalue weighted by atomic mass is 16.1. The molecular formula is C18H18N2O. The third-order valence-corrected chi connectivity index (χ3v) is 3.58. The minimum absolute atomic E-state index is 0.0130. The van der Waals surface area contributed by atoms with Gasteiger partial charge in [0, 0.05) is 17.6 Å². The molecule has 0 saturated heterocycles. The zero-order valence-electron chi connectivity index (χ0n) is 11.8. The van der Waals surface area contributed by atoms with Crippen molar-refractivity contribution in [3.63, 3.8) is 0 Å². The van der Waals surface area contributed by atoms with E-state index in [0.717, 1.165) is 29.4 Å². The Morgan fingerprint density at radius 3 is 2.57 bits per heavy atom. The van der Waals surface area contributed by atoms with Crippen molar-refractivity contribution in [3.05, 3.63) is 82.1 Å². The number of pyridine rings is 1. The third-order valence-electron chi connectivity index (χ3n) is 3.58. The minimum atomic E-state index is -0.0130. The molecule has 0 atom stereocenters. The lowest BCUT2D eigenvalue weighted by molar-refractivity contribution is 0.683. The van der Waals surface area contributed by atoms with Gasteiger partial charge in [0.25, 0.3) is 5.56 Å². The second kappa shape index (κ2) is 6.37. The van der Waals surface area contributed by atoms with Gasteiger partial charge in [-0.2, -0.15) is 0 Å². The molecule has 0 saturated carbocycles. The summed E-state index contributed by atoms with van der Waals surface area (Å²) < 4.78 is 0. The molecule has 0 aliphatic heterocycles. The van der Waals surface area contributed by atoms with E-state index in [-0.39, 0.29) is 5.56 Å². The minimum Gasteiger partial charge on any atom is -0.322 e. The van der Waals surface area contributed by atoms with E-state index in [1.54, 1.807) is 0 Å². The SMILES string of the molecule is O=c1[nH]c2ccccc2cc1CNCCc1ccccc1. The number of rotatable bonds is 5. The number of para-hydroxylation sites is 1. The maximum Gasteiger partial charge on any atom is 0.252 e. The predicted molar refractivity (Wildman–Crippen MR) is 86.4 cm³/mol. The molecule has 0 aliphatic rings. The molecule has 3 nitrogen and oxygen atoms in total. The van der Waals surface area contributed by atoms with Crippen LogP contribution < -0.4 is 10.9 Å². The van der Waals surface area contributed by atoms with Crippen molar-refractivity contribution >= 4 is 10.9 Å². The highest BCUT2D eigenvalue weighted by Crippen LogP contribution is 2.09. The topological polar surface area (TPSA) is 44.9 Å². The summed E-state index contributed by atoms with van der Waals surface area (Å²) in [5.74, 6) is 0. The molecule has 3 rings (SSSR count). The zero-order valence-corrected chi connectivity index (χ0v) is 11.8. The normalized spacial score (nSPS) is 10.9. The van der Waals surface area contributed by atoms with E-state index in [1.807, 2.05) is 48.5 Å². The van der Waals surface area contributed by atoms with Crippen LogP contribution in [0, 0.1) is 0 Å². The second-order valence-corrected chi connectivity index (χ2v) is 5.12. The smallest absolute Gasteiger partial charge is 0.252 e. The van der Waals surface area contributed by atoms with Crippen LogP contribution in [0.15, 0.2) is 65.5 Å². The average Bonchev–Trinajstić information content (AvgIpc) is 2.53. The van der Waals surface area contributed by atoms with Gasteiger partial charge in [-0.1, -0.05) is 48.5 Å². The van der Waals surface area contributed by atoms with Crippen molar-refractivity contribution in [3.8, 4) is 0 Å². The highest BCUT2D eigenvalue weighted by molar-refractivity contribution is 5.78. The Labute approximate surface area is 123 Å². The third kappa shape index (κ3) is 3.38. The first-order valence-electron chi connectivity index (χ1n) is 7.18. The van der Waals surface area contributed by atoms with Gasteiger partial charge in [0.05, 0.1) is 0 Å². The second-order valence-electron chi connectivity index (χ2n) is 5.12. The molecule has 0 unspecified atom stereocenters. The standard InChI is InChI=1S/C18H18N2O/c21-18-16(12-15-8-4-5-9-17(15)20-18)13-19-11-10-14-6-2-1-3-7-14/h1-9,12,19H,10-11,13H2,(H,20,21). The Balaban J connectivity index is 1.63. The number of hydrogen-bond acceptors (Lipinski definition) is 2. The van der Waals surface area contributed by atoms with E-state index in [2.05, 4.69) is 22.4 Å². The maximum atomic E-state index is 12.0. The molecule has 1 aromatic heterocycles. The highest BCUT2D eigenvalue weighted by Gasteiger charge is 2.02. The van der Waals surface area contributed by atoms with Crippen molar-refractivity contribution in [2.45, 2.75) is 13.0 Å². The summed E-state index contributed by atoms with van der Waals surface area (Å²) in [7, 11) is 0. The first-order chi connectivity index (χ1) is 10.3. The number of hydrogen-bond donors (Lipinski definition) is 2. The maximum absolute atomic E-state index is 12.0. The summed E-state index contributed by atoms with van der Waals surface area (Å²) in [6.45, 7) is 1.45.